The molecular formula is C30H34FN3O. The van der Waals surface area contributed by atoms with E-state index in [-0.39, 0.29) is 11.6 Å². The van der Waals surface area contributed by atoms with Crippen LogP contribution in [0.1, 0.15) is 37.8 Å². The number of aliphatic hydroxyl groups excluding tert-OH is 1. The van der Waals surface area contributed by atoms with Crippen molar-refractivity contribution in [2.75, 3.05) is 13.1 Å². The number of nitrogens with zero attached hydrogens (tertiary/aromatic N) is 2. The molecule has 182 valence electrons. The van der Waals surface area contributed by atoms with Gasteiger partial charge in [-0.3, -0.25) is 4.90 Å². The van der Waals surface area contributed by atoms with E-state index in [1.165, 1.54) is 16.3 Å². The van der Waals surface area contributed by atoms with Crippen molar-refractivity contribution < 1.29 is 9.50 Å². The van der Waals surface area contributed by atoms with Gasteiger partial charge in [0.1, 0.15) is 0 Å². The number of rotatable bonds is 8. The molecule has 2 atom stereocenters. The molecule has 4 aromatic rings. The number of fused-ring (bicyclic) bond motifs is 2. The molecule has 2 heterocycles. The number of pyridine rings is 1. The van der Waals surface area contributed by atoms with Crippen molar-refractivity contribution in [1.82, 2.24) is 15.2 Å². The highest BCUT2D eigenvalue weighted by Gasteiger charge is 2.32. The van der Waals surface area contributed by atoms with Crippen molar-refractivity contribution >= 4 is 21.7 Å². The smallest absolute Gasteiger partial charge is 0.217 e. The lowest BCUT2D eigenvalue weighted by Crippen LogP contribution is -2.50. The van der Waals surface area contributed by atoms with Crippen LogP contribution in [0, 0.1) is 5.95 Å². The molecule has 1 aliphatic heterocycles. The number of hydrogen-bond acceptors (Lipinski definition) is 4. The Balaban J connectivity index is 1.21. The average molecular weight is 472 g/mol. The molecule has 0 radical (unpaired) electrons. The number of β-amino-alcohol motifs (C(OH)–C–C–N with tert-alkyl or cyclic N) is 1. The second-order valence-electron chi connectivity index (χ2n) is 10.5. The molecule has 1 aliphatic rings. The van der Waals surface area contributed by atoms with Crippen LogP contribution in [-0.4, -0.2) is 45.8 Å². The van der Waals surface area contributed by atoms with Crippen molar-refractivity contribution in [3.63, 3.8) is 0 Å². The Morgan fingerprint density at radius 3 is 2.60 bits per heavy atom. The summed E-state index contributed by atoms with van der Waals surface area (Å²) in [5.74, 6) is -0.418. The largest absolute Gasteiger partial charge is 0.390 e. The van der Waals surface area contributed by atoms with E-state index < -0.39 is 12.1 Å². The summed E-state index contributed by atoms with van der Waals surface area (Å²) in [6, 6.07) is 24.5. The van der Waals surface area contributed by atoms with Gasteiger partial charge in [0.05, 0.1) is 11.6 Å². The molecule has 1 aromatic heterocycles. The van der Waals surface area contributed by atoms with Gasteiger partial charge in [-0.2, -0.15) is 4.39 Å². The second kappa shape index (κ2) is 10.0. The lowest BCUT2D eigenvalue weighted by molar-refractivity contribution is 0.0627. The fourth-order valence-electron chi connectivity index (χ4n) is 5.39. The molecule has 0 aliphatic carbocycles. The SMILES string of the molecule is CC(C)(Cc1ccc2ccccc2c1)NC[C@@H](O)[C@H]1CCCN1Cc1cc2ccccc2nc1F. The van der Waals surface area contributed by atoms with Crippen molar-refractivity contribution in [3.05, 3.63) is 89.9 Å². The Hall–Kier alpha value is -2.86. The van der Waals surface area contributed by atoms with Crippen LogP contribution < -0.4 is 5.32 Å². The Kier molecular flexibility index (Phi) is 6.83. The maximum absolute atomic E-state index is 14.7. The van der Waals surface area contributed by atoms with Crippen LogP contribution in [0.2, 0.25) is 0 Å². The first-order chi connectivity index (χ1) is 16.9. The van der Waals surface area contributed by atoms with Crippen LogP contribution >= 0.6 is 0 Å². The lowest BCUT2D eigenvalue weighted by Gasteiger charge is -2.33. The topological polar surface area (TPSA) is 48.4 Å². The number of para-hydroxylation sites is 1. The molecule has 5 heteroatoms. The third-order valence-corrected chi connectivity index (χ3v) is 7.23. The molecule has 5 rings (SSSR count). The molecule has 3 aromatic carbocycles. The first kappa shape index (κ1) is 23.9. The van der Waals surface area contributed by atoms with Gasteiger partial charge in [-0.15, -0.1) is 0 Å². The van der Waals surface area contributed by atoms with Gasteiger partial charge in [0, 0.05) is 35.6 Å². The van der Waals surface area contributed by atoms with E-state index in [0.717, 1.165) is 31.2 Å². The fourth-order valence-corrected chi connectivity index (χ4v) is 5.39. The Morgan fingerprint density at radius 2 is 1.77 bits per heavy atom. The number of benzene rings is 3. The summed E-state index contributed by atoms with van der Waals surface area (Å²) in [5.41, 5.74) is 2.37. The minimum atomic E-state index is -0.523. The van der Waals surface area contributed by atoms with Crippen LogP contribution in [0.25, 0.3) is 21.7 Å². The first-order valence-corrected chi connectivity index (χ1v) is 12.6. The molecule has 0 spiro atoms. The van der Waals surface area contributed by atoms with E-state index in [1.54, 1.807) is 0 Å². The number of halogens is 1. The van der Waals surface area contributed by atoms with E-state index in [1.807, 2.05) is 30.3 Å². The third-order valence-electron chi connectivity index (χ3n) is 7.23. The average Bonchev–Trinajstić information content (AvgIpc) is 3.31. The summed E-state index contributed by atoms with van der Waals surface area (Å²) >= 11 is 0. The number of nitrogens with one attached hydrogen (secondary N) is 1. The molecule has 35 heavy (non-hydrogen) atoms. The van der Waals surface area contributed by atoms with Gasteiger partial charge in [-0.05, 0) is 68.1 Å². The minimum absolute atomic E-state index is 0.00448. The molecular weight excluding hydrogens is 437 g/mol. The third kappa shape index (κ3) is 5.53. The summed E-state index contributed by atoms with van der Waals surface area (Å²) < 4.78 is 14.7. The van der Waals surface area contributed by atoms with E-state index in [9.17, 15) is 9.50 Å². The maximum Gasteiger partial charge on any atom is 0.217 e. The Bertz CT molecular complexity index is 1320. The van der Waals surface area contributed by atoms with Crippen LogP contribution in [0.3, 0.4) is 0 Å². The Morgan fingerprint density at radius 1 is 1.03 bits per heavy atom. The van der Waals surface area contributed by atoms with Gasteiger partial charge in [0.2, 0.25) is 5.95 Å². The monoisotopic (exact) mass is 471 g/mol. The van der Waals surface area contributed by atoms with Crippen molar-refractivity contribution in [3.8, 4) is 0 Å². The zero-order valence-electron chi connectivity index (χ0n) is 20.5. The summed E-state index contributed by atoms with van der Waals surface area (Å²) in [6.07, 6.45) is 2.26. The molecule has 1 saturated heterocycles. The lowest BCUT2D eigenvalue weighted by atomic mass is 9.93. The highest BCUT2D eigenvalue weighted by Crippen LogP contribution is 2.26. The normalized spacial score (nSPS) is 17.9. The van der Waals surface area contributed by atoms with Crippen LogP contribution in [-0.2, 0) is 13.0 Å². The maximum atomic E-state index is 14.7. The highest BCUT2D eigenvalue weighted by molar-refractivity contribution is 5.83. The molecule has 0 amide bonds. The Labute approximate surface area is 206 Å². The van der Waals surface area contributed by atoms with Gasteiger partial charge >= 0.3 is 0 Å². The molecule has 4 nitrogen and oxygen atoms in total. The van der Waals surface area contributed by atoms with Crippen LogP contribution in [0.15, 0.2) is 72.8 Å². The number of aliphatic hydroxyl groups is 1. The van der Waals surface area contributed by atoms with Gasteiger partial charge < -0.3 is 10.4 Å². The molecule has 2 N–H and O–H groups in total. The first-order valence-electron chi connectivity index (χ1n) is 12.6. The van der Waals surface area contributed by atoms with E-state index >= 15 is 0 Å². The summed E-state index contributed by atoms with van der Waals surface area (Å²) in [5, 5.41) is 18.1. The highest BCUT2D eigenvalue weighted by atomic mass is 19.1. The molecule has 0 bridgehead atoms. The molecule has 1 fully saturated rings. The number of likely N-dealkylation sites (tertiary alicyclic amines) is 1. The summed E-state index contributed by atoms with van der Waals surface area (Å²) in [7, 11) is 0. The quantitative estimate of drug-likeness (QED) is 0.335. The van der Waals surface area contributed by atoms with Gasteiger partial charge in [-0.25, -0.2) is 4.98 Å². The zero-order valence-corrected chi connectivity index (χ0v) is 20.5. The molecule has 0 unspecified atom stereocenters. The predicted octanol–water partition coefficient (Wildman–Crippen LogP) is 5.46. The standard InChI is InChI=1S/C30H34FN3O/c1-30(2,18-21-13-14-22-8-3-4-9-23(22)16-21)32-19-28(35)27-12-7-15-34(27)20-25-17-24-10-5-6-11-26(24)33-29(25)31/h3-6,8-11,13-14,16-17,27-28,32,35H,7,12,15,18-20H2,1-2H3/t27-,28-/m1/s1. The minimum Gasteiger partial charge on any atom is -0.390 e. The summed E-state index contributed by atoms with van der Waals surface area (Å²) in [4.78, 5) is 6.35. The second-order valence-corrected chi connectivity index (χ2v) is 10.5. The van der Waals surface area contributed by atoms with Crippen LogP contribution in [0.5, 0.6) is 0 Å². The van der Waals surface area contributed by atoms with Gasteiger partial charge in [0.25, 0.3) is 0 Å². The van der Waals surface area contributed by atoms with E-state index in [2.05, 4.69) is 71.5 Å². The number of aromatic nitrogens is 1. The summed E-state index contributed by atoms with van der Waals surface area (Å²) in [6.45, 7) is 6.18. The van der Waals surface area contributed by atoms with Crippen molar-refractivity contribution in [2.24, 2.45) is 0 Å². The molecule has 0 saturated carbocycles. The van der Waals surface area contributed by atoms with E-state index in [0.29, 0.717) is 24.2 Å². The predicted molar refractivity (Wildman–Crippen MR) is 141 cm³/mol. The van der Waals surface area contributed by atoms with Crippen LogP contribution in [0.4, 0.5) is 4.39 Å². The number of hydrogen-bond donors (Lipinski definition) is 2. The van der Waals surface area contributed by atoms with E-state index in [4.69, 9.17) is 0 Å². The van der Waals surface area contributed by atoms with Crippen molar-refractivity contribution in [2.45, 2.75) is 57.3 Å². The van der Waals surface area contributed by atoms with Gasteiger partial charge in [-0.1, -0.05) is 60.7 Å². The fraction of sp³-hybridized carbons (Fsp3) is 0.367. The van der Waals surface area contributed by atoms with Crippen molar-refractivity contribution in [1.29, 1.82) is 0 Å². The van der Waals surface area contributed by atoms with Gasteiger partial charge in [0.15, 0.2) is 0 Å². The zero-order chi connectivity index (χ0) is 24.4.